The van der Waals surface area contributed by atoms with Crippen molar-refractivity contribution in [2.75, 3.05) is 33.4 Å². The van der Waals surface area contributed by atoms with Crippen LogP contribution in [0, 0.1) is 0 Å². The van der Waals surface area contributed by atoms with E-state index in [4.69, 9.17) is 9.47 Å². The number of carbonyl (C=O) groups excluding carboxylic acids is 1. The molecule has 0 aromatic heterocycles. The molecule has 5 heteroatoms. The summed E-state index contributed by atoms with van der Waals surface area (Å²) >= 11 is 0. The molecule has 2 N–H and O–H groups in total. The molecule has 1 amide bonds. The molecule has 0 radical (unpaired) electrons. The molecule has 1 atom stereocenters. The molecule has 1 fully saturated rings. The van der Waals surface area contributed by atoms with Crippen molar-refractivity contribution in [3.8, 4) is 5.75 Å². The van der Waals surface area contributed by atoms with E-state index in [0.29, 0.717) is 24.5 Å². The Bertz CT molecular complexity index is 431. The van der Waals surface area contributed by atoms with Gasteiger partial charge in [0.15, 0.2) is 0 Å². The number of piperidine rings is 1. The minimum absolute atomic E-state index is 0.0771. The second-order valence-electron chi connectivity index (χ2n) is 4.85. The Hall–Kier alpha value is -1.59. The van der Waals surface area contributed by atoms with Crippen LogP contribution in [-0.2, 0) is 4.74 Å². The van der Waals surface area contributed by atoms with Gasteiger partial charge in [0.2, 0.25) is 0 Å². The molecule has 2 rings (SSSR count). The lowest BCUT2D eigenvalue weighted by atomic mass is 10.1. The number of carbonyl (C=O) groups is 1. The number of methoxy groups -OCH3 is 1. The predicted octanol–water partition coefficient (Wildman–Crippen LogP) is 1.19. The highest BCUT2D eigenvalue weighted by molar-refractivity contribution is 5.97. The first-order chi connectivity index (χ1) is 9.81. The number of hydrogen-bond donors (Lipinski definition) is 2. The fraction of sp³-hybridized carbons (Fsp3) is 0.533. The van der Waals surface area contributed by atoms with Crippen LogP contribution in [0.2, 0.25) is 0 Å². The van der Waals surface area contributed by atoms with Crippen molar-refractivity contribution in [1.29, 1.82) is 0 Å². The number of rotatable bonds is 6. The highest BCUT2D eigenvalue weighted by Crippen LogP contribution is 2.18. The third-order valence-electron chi connectivity index (χ3n) is 3.31. The van der Waals surface area contributed by atoms with Gasteiger partial charge in [0.25, 0.3) is 5.91 Å². The highest BCUT2D eigenvalue weighted by Gasteiger charge is 2.18. The zero-order chi connectivity index (χ0) is 14.2. The quantitative estimate of drug-likeness (QED) is 0.768. The number of amides is 1. The van der Waals surface area contributed by atoms with Gasteiger partial charge in [-0.15, -0.1) is 0 Å². The summed E-state index contributed by atoms with van der Waals surface area (Å²) in [4.78, 5) is 12.3. The maximum absolute atomic E-state index is 12.3. The Labute approximate surface area is 119 Å². The largest absolute Gasteiger partial charge is 0.490 e. The Morgan fingerprint density at radius 2 is 2.25 bits per heavy atom. The van der Waals surface area contributed by atoms with E-state index in [2.05, 4.69) is 10.6 Å². The second-order valence-corrected chi connectivity index (χ2v) is 4.85. The predicted molar refractivity (Wildman–Crippen MR) is 77.2 cm³/mol. The first-order valence-corrected chi connectivity index (χ1v) is 7.03. The number of benzene rings is 1. The van der Waals surface area contributed by atoms with Crippen LogP contribution in [0.5, 0.6) is 5.75 Å². The minimum atomic E-state index is -0.0771. The molecule has 110 valence electrons. The van der Waals surface area contributed by atoms with Crippen molar-refractivity contribution in [2.45, 2.75) is 18.9 Å². The van der Waals surface area contributed by atoms with Crippen molar-refractivity contribution in [2.24, 2.45) is 0 Å². The van der Waals surface area contributed by atoms with Gasteiger partial charge in [0.1, 0.15) is 12.4 Å². The molecule has 1 aromatic rings. The van der Waals surface area contributed by atoms with Crippen molar-refractivity contribution in [3.63, 3.8) is 0 Å². The van der Waals surface area contributed by atoms with Crippen LogP contribution in [0.4, 0.5) is 0 Å². The van der Waals surface area contributed by atoms with E-state index in [-0.39, 0.29) is 11.9 Å². The third kappa shape index (κ3) is 4.21. The molecule has 0 bridgehead atoms. The van der Waals surface area contributed by atoms with Crippen LogP contribution in [-0.4, -0.2) is 45.4 Å². The molecule has 1 aromatic carbocycles. The first-order valence-electron chi connectivity index (χ1n) is 7.03. The summed E-state index contributed by atoms with van der Waals surface area (Å²) in [6.07, 6.45) is 2.11. The van der Waals surface area contributed by atoms with Gasteiger partial charge in [0, 0.05) is 19.7 Å². The van der Waals surface area contributed by atoms with Crippen LogP contribution >= 0.6 is 0 Å². The lowest BCUT2D eigenvalue weighted by molar-refractivity contribution is 0.0923. The maximum Gasteiger partial charge on any atom is 0.255 e. The zero-order valence-electron chi connectivity index (χ0n) is 11.9. The van der Waals surface area contributed by atoms with E-state index in [1.807, 2.05) is 18.2 Å². The molecule has 0 unspecified atom stereocenters. The molecule has 1 saturated heterocycles. The minimum Gasteiger partial charge on any atom is -0.490 e. The Kier molecular flexibility index (Phi) is 5.83. The van der Waals surface area contributed by atoms with Gasteiger partial charge >= 0.3 is 0 Å². The normalized spacial score (nSPS) is 18.6. The number of hydrogen-bond acceptors (Lipinski definition) is 4. The van der Waals surface area contributed by atoms with Gasteiger partial charge in [-0.05, 0) is 31.5 Å². The van der Waals surface area contributed by atoms with Crippen molar-refractivity contribution in [1.82, 2.24) is 10.6 Å². The Balaban J connectivity index is 1.97. The first kappa shape index (κ1) is 14.8. The molecule has 0 spiro atoms. The van der Waals surface area contributed by atoms with E-state index in [9.17, 15) is 4.79 Å². The smallest absolute Gasteiger partial charge is 0.255 e. The van der Waals surface area contributed by atoms with E-state index in [1.54, 1.807) is 13.2 Å². The Morgan fingerprint density at radius 1 is 1.40 bits per heavy atom. The summed E-state index contributed by atoms with van der Waals surface area (Å²) in [6, 6.07) is 7.50. The summed E-state index contributed by atoms with van der Waals surface area (Å²) in [5.74, 6) is 0.525. The van der Waals surface area contributed by atoms with Crippen LogP contribution < -0.4 is 15.4 Å². The molecule has 1 heterocycles. The van der Waals surface area contributed by atoms with Gasteiger partial charge in [-0.1, -0.05) is 12.1 Å². The zero-order valence-corrected chi connectivity index (χ0v) is 11.9. The monoisotopic (exact) mass is 278 g/mol. The maximum atomic E-state index is 12.3. The van der Waals surface area contributed by atoms with E-state index >= 15 is 0 Å². The van der Waals surface area contributed by atoms with Gasteiger partial charge in [-0.2, -0.15) is 0 Å². The standard InChI is InChI=1S/C15H22N2O3/c1-19-9-10-20-14-7-3-2-6-13(14)15(18)17-12-5-4-8-16-11-12/h2-3,6-7,12,16H,4-5,8-11H2,1H3,(H,17,18)/t12-/m0/s1. The third-order valence-corrected chi connectivity index (χ3v) is 3.31. The van der Waals surface area contributed by atoms with E-state index < -0.39 is 0 Å². The van der Waals surface area contributed by atoms with Crippen molar-refractivity contribution < 1.29 is 14.3 Å². The SMILES string of the molecule is COCCOc1ccccc1C(=O)N[C@H]1CCCNC1. The average molecular weight is 278 g/mol. The molecule has 20 heavy (non-hydrogen) atoms. The van der Waals surface area contributed by atoms with Gasteiger partial charge in [-0.3, -0.25) is 4.79 Å². The van der Waals surface area contributed by atoms with Crippen molar-refractivity contribution in [3.05, 3.63) is 29.8 Å². The van der Waals surface area contributed by atoms with Crippen molar-refractivity contribution >= 4 is 5.91 Å². The van der Waals surface area contributed by atoms with E-state index in [1.165, 1.54) is 0 Å². The molecular formula is C15H22N2O3. The van der Waals surface area contributed by atoms with Crippen LogP contribution in [0.25, 0.3) is 0 Å². The fourth-order valence-corrected chi connectivity index (χ4v) is 2.25. The molecular weight excluding hydrogens is 256 g/mol. The molecule has 0 aliphatic carbocycles. The van der Waals surface area contributed by atoms with Gasteiger partial charge < -0.3 is 20.1 Å². The van der Waals surface area contributed by atoms with Crippen LogP contribution in [0.3, 0.4) is 0 Å². The van der Waals surface area contributed by atoms with Gasteiger partial charge in [0.05, 0.1) is 12.2 Å². The van der Waals surface area contributed by atoms with Crippen LogP contribution in [0.15, 0.2) is 24.3 Å². The summed E-state index contributed by atoms with van der Waals surface area (Å²) in [5.41, 5.74) is 0.578. The second kappa shape index (κ2) is 7.87. The number of para-hydroxylation sites is 1. The number of ether oxygens (including phenoxy) is 2. The summed E-state index contributed by atoms with van der Waals surface area (Å²) in [5, 5.41) is 6.34. The van der Waals surface area contributed by atoms with E-state index in [0.717, 1.165) is 25.9 Å². The summed E-state index contributed by atoms with van der Waals surface area (Å²) in [7, 11) is 1.62. The van der Waals surface area contributed by atoms with Crippen LogP contribution in [0.1, 0.15) is 23.2 Å². The molecule has 5 nitrogen and oxygen atoms in total. The molecule has 0 saturated carbocycles. The highest BCUT2D eigenvalue weighted by atomic mass is 16.5. The molecule has 1 aliphatic rings. The summed E-state index contributed by atoms with van der Waals surface area (Å²) in [6.45, 7) is 2.80. The fourth-order valence-electron chi connectivity index (χ4n) is 2.25. The summed E-state index contributed by atoms with van der Waals surface area (Å²) < 4.78 is 10.5. The molecule has 1 aliphatic heterocycles. The lowest BCUT2D eigenvalue weighted by Crippen LogP contribution is -2.45. The Morgan fingerprint density at radius 3 is 3.00 bits per heavy atom. The number of nitrogens with one attached hydrogen (secondary N) is 2. The average Bonchev–Trinajstić information content (AvgIpc) is 2.49. The topological polar surface area (TPSA) is 59.6 Å². The van der Waals surface area contributed by atoms with Gasteiger partial charge in [-0.25, -0.2) is 0 Å². The lowest BCUT2D eigenvalue weighted by Gasteiger charge is -2.24.